The van der Waals surface area contributed by atoms with Gasteiger partial charge in [-0.15, -0.1) is 0 Å². The largest absolute Gasteiger partial charge is 0.481 e. The van der Waals surface area contributed by atoms with E-state index in [2.05, 4.69) is 10.6 Å². The molecule has 0 bridgehead atoms. The van der Waals surface area contributed by atoms with Gasteiger partial charge in [-0.05, 0) is 24.1 Å². The van der Waals surface area contributed by atoms with Gasteiger partial charge in [-0.25, -0.2) is 4.79 Å². The second-order valence-electron chi connectivity index (χ2n) is 6.93. The SMILES string of the molecule is CCCC[C@H](NC(=O)N[C@@H](CC(=O)O)c1ccc2c(c1)OCO2)C(=O)N(C)CC#N. The molecule has 0 spiro atoms. The van der Waals surface area contributed by atoms with E-state index < -0.39 is 24.1 Å². The molecule has 30 heavy (non-hydrogen) atoms. The van der Waals surface area contributed by atoms with Crippen LogP contribution in [-0.2, 0) is 9.59 Å². The summed E-state index contributed by atoms with van der Waals surface area (Å²) in [5.74, 6) is -0.453. The highest BCUT2D eigenvalue weighted by Crippen LogP contribution is 2.34. The maximum atomic E-state index is 12.6. The van der Waals surface area contributed by atoms with Crippen molar-refractivity contribution in [3.63, 3.8) is 0 Å². The molecule has 0 saturated carbocycles. The van der Waals surface area contributed by atoms with E-state index >= 15 is 0 Å². The minimum absolute atomic E-state index is 0.0771. The van der Waals surface area contributed by atoms with E-state index in [0.29, 0.717) is 29.9 Å². The summed E-state index contributed by atoms with van der Waals surface area (Å²) in [6.07, 6.45) is 1.59. The van der Waals surface area contributed by atoms with Gasteiger partial charge in [-0.2, -0.15) is 5.26 Å². The molecule has 3 amide bonds. The van der Waals surface area contributed by atoms with E-state index in [9.17, 15) is 19.5 Å². The number of likely N-dealkylation sites (N-methyl/N-ethyl adjacent to an activating group) is 1. The lowest BCUT2D eigenvalue weighted by Gasteiger charge is -2.24. The molecule has 2 rings (SSSR count). The van der Waals surface area contributed by atoms with Crippen LogP contribution in [0.1, 0.15) is 44.2 Å². The summed E-state index contributed by atoms with van der Waals surface area (Å²) >= 11 is 0. The van der Waals surface area contributed by atoms with Crippen molar-refractivity contribution in [1.82, 2.24) is 15.5 Å². The number of carboxylic acid groups (broad SMARTS) is 1. The number of fused-ring (bicyclic) bond motifs is 1. The number of unbranched alkanes of at least 4 members (excludes halogenated alkanes) is 1. The number of urea groups is 1. The van der Waals surface area contributed by atoms with Crippen molar-refractivity contribution in [3.8, 4) is 17.6 Å². The molecule has 1 heterocycles. The van der Waals surface area contributed by atoms with Crippen LogP contribution in [0.15, 0.2) is 18.2 Å². The molecular weight excluding hydrogens is 392 g/mol. The lowest BCUT2D eigenvalue weighted by atomic mass is 10.0. The topological polar surface area (TPSA) is 141 Å². The summed E-state index contributed by atoms with van der Waals surface area (Å²) < 4.78 is 10.6. The van der Waals surface area contributed by atoms with Gasteiger partial charge in [0.05, 0.1) is 18.5 Å². The normalized spacial score (nSPS) is 13.6. The molecule has 1 aliphatic rings. The number of hydrogen-bond acceptors (Lipinski definition) is 6. The van der Waals surface area contributed by atoms with Crippen LogP contribution in [0.2, 0.25) is 0 Å². The highest BCUT2D eigenvalue weighted by molar-refractivity contribution is 5.87. The molecule has 2 atom stereocenters. The second kappa shape index (κ2) is 10.9. The van der Waals surface area contributed by atoms with E-state index in [4.69, 9.17) is 14.7 Å². The highest BCUT2D eigenvalue weighted by Gasteiger charge is 2.26. The third-order valence-electron chi connectivity index (χ3n) is 4.62. The van der Waals surface area contributed by atoms with Gasteiger partial charge in [0.2, 0.25) is 12.7 Å². The monoisotopic (exact) mass is 418 g/mol. The van der Waals surface area contributed by atoms with Crippen molar-refractivity contribution in [1.29, 1.82) is 5.26 Å². The Morgan fingerprint density at radius 2 is 2.00 bits per heavy atom. The fourth-order valence-electron chi connectivity index (χ4n) is 3.03. The number of carbonyl (C=O) groups is 3. The summed E-state index contributed by atoms with van der Waals surface area (Å²) in [4.78, 5) is 37.7. The summed E-state index contributed by atoms with van der Waals surface area (Å²) in [5, 5.41) is 23.3. The van der Waals surface area contributed by atoms with E-state index in [1.54, 1.807) is 18.2 Å². The first-order chi connectivity index (χ1) is 14.3. The Kier molecular flexibility index (Phi) is 8.29. The van der Waals surface area contributed by atoms with Crippen LogP contribution in [0, 0.1) is 11.3 Å². The minimum atomic E-state index is -1.09. The molecule has 10 nitrogen and oxygen atoms in total. The first-order valence-corrected chi connectivity index (χ1v) is 9.66. The van der Waals surface area contributed by atoms with E-state index in [1.165, 1.54) is 11.9 Å². The molecule has 162 valence electrons. The molecule has 1 aromatic rings. The van der Waals surface area contributed by atoms with Crippen molar-refractivity contribution in [2.75, 3.05) is 20.4 Å². The molecule has 3 N–H and O–H groups in total. The number of rotatable bonds is 10. The molecule has 1 aliphatic heterocycles. The molecule has 0 fully saturated rings. The van der Waals surface area contributed by atoms with Crippen LogP contribution < -0.4 is 20.1 Å². The van der Waals surface area contributed by atoms with Gasteiger partial charge >= 0.3 is 12.0 Å². The van der Waals surface area contributed by atoms with Gasteiger partial charge in [0.1, 0.15) is 12.6 Å². The van der Waals surface area contributed by atoms with Gasteiger partial charge < -0.3 is 30.1 Å². The third kappa shape index (κ3) is 6.27. The van der Waals surface area contributed by atoms with Crippen LogP contribution in [0.5, 0.6) is 11.5 Å². The smallest absolute Gasteiger partial charge is 0.315 e. The maximum absolute atomic E-state index is 12.6. The van der Waals surface area contributed by atoms with Crippen molar-refractivity contribution in [2.24, 2.45) is 0 Å². The average Bonchev–Trinajstić information content (AvgIpc) is 3.17. The number of nitrogens with zero attached hydrogens (tertiary/aromatic N) is 2. The number of amides is 3. The summed E-state index contributed by atoms with van der Waals surface area (Å²) in [6.45, 7) is 1.94. The predicted octanol–water partition coefficient (Wildman–Crippen LogP) is 1.77. The lowest BCUT2D eigenvalue weighted by Crippen LogP contribution is -2.51. The minimum Gasteiger partial charge on any atom is -0.481 e. The first-order valence-electron chi connectivity index (χ1n) is 9.66. The number of aliphatic carboxylic acids is 1. The predicted molar refractivity (Wildman–Crippen MR) is 106 cm³/mol. The summed E-state index contributed by atoms with van der Waals surface area (Å²) in [6, 6.07) is 4.50. The number of carboxylic acids is 1. The molecular formula is C20H26N4O6. The standard InChI is InChI=1S/C20H26N4O6/c1-3-4-5-14(19(27)24(2)9-8-21)22-20(28)23-15(11-18(25)26)13-6-7-16-17(10-13)30-12-29-16/h6-7,10,14-15H,3-5,9,11-12H2,1-2H3,(H,25,26)(H2,22,23,28)/t14-,15-/m0/s1. The summed E-state index contributed by atoms with van der Waals surface area (Å²) in [7, 11) is 1.49. The summed E-state index contributed by atoms with van der Waals surface area (Å²) in [5.41, 5.74) is 0.537. The van der Waals surface area contributed by atoms with Gasteiger partial charge in [-0.1, -0.05) is 25.8 Å². The van der Waals surface area contributed by atoms with Crippen LogP contribution in [0.3, 0.4) is 0 Å². The van der Waals surface area contributed by atoms with Crippen LogP contribution in [0.25, 0.3) is 0 Å². The molecule has 0 aromatic heterocycles. The first kappa shape index (κ1) is 22.8. The van der Waals surface area contributed by atoms with Crippen molar-refractivity contribution >= 4 is 17.9 Å². The third-order valence-corrected chi connectivity index (χ3v) is 4.62. The Bertz CT molecular complexity index is 822. The number of nitrogens with one attached hydrogen (secondary N) is 2. The maximum Gasteiger partial charge on any atom is 0.315 e. The highest BCUT2D eigenvalue weighted by atomic mass is 16.7. The van der Waals surface area contributed by atoms with Crippen molar-refractivity contribution in [3.05, 3.63) is 23.8 Å². The van der Waals surface area contributed by atoms with Gasteiger partial charge in [0, 0.05) is 7.05 Å². The van der Waals surface area contributed by atoms with E-state index in [-0.39, 0.29) is 25.7 Å². The fraction of sp³-hybridized carbons (Fsp3) is 0.500. The lowest BCUT2D eigenvalue weighted by molar-refractivity contribution is -0.137. The van der Waals surface area contributed by atoms with Crippen LogP contribution in [0.4, 0.5) is 4.79 Å². The number of hydrogen-bond donors (Lipinski definition) is 3. The Labute approximate surface area is 174 Å². The number of benzene rings is 1. The van der Waals surface area contributed by atoms with Gasteiger partial charge in [0.15, 0.2) is 11.5 Å². The van der Waals surface area contributed by atoms with Crippen molar-refractivity contribution < 1.29 is 29.0 Å². The quantitative estimate of drug-likeness (QED) is 0.492. The Morgan fingerprint density at radius 1 is 1.27 bits per heavy atom. The average molecular weight is 418 g/mol. The van der Waals surface area contributed by atoms with Gasteiger partial charge in [-0.3, -0.25) is 9.59 Å². The Balaban J connectivity index is 2.11. The Hall–Kier alpha value is -3.48. The zero-order chi connectivity index (χ0) is 22.1. The Morgan fingerprint density at radius 3 is 2.67 bits per heavy atom. The fourth-order valence-corrected chi connectivity index (χ4v) is 3.03. The van der Waals surface area contributed by atoms with Gasteiger partial charge in [0.25, 0.3) is 0 Å². The van der Waals surface area contributed by atoms with Crippen LogP contribution in [-0.4, -0.2) is 54.3 Å². The molecule has 0 saturated heterocycles. The molecule has 1 aromatic carbocycles. The second-order valence-corrected chi connectivity index (χ2v) is 6.93. The molecule has 0 unspecified atom stereocenters. The molecule has 0 aliphatic carbocycles. The molecule has 0 radical (unpaired) electrons. The van der Waals surface area contributed by atoms with E-state index in [1.807, 2.05) is 13.0 Å². The number of carbonyl (C=O) groups excluding carboxylic acids is 2. The van der Waals surface area contributed by atoms with Crippen molar-refractivity contribution in [2.45, 2.75) is 44.7 Å². The zero-order valence-corrected chi connectivity index (χ0v) is 17.0. The zero-order valence-electron chi connectivity index (χ0n) is 17.0. The van der Waals surface area contributed by atoms with E-state index in [0.717, 1.165) is 6.42 Å². The van der Waals surface area contributed by atoms with Crippen LogP contribution >= 0.6 is 0 Å². The number of ether oxygens (including phenoxy) is 2. The molecule has 10 heteroatoms. The number of nitriles is 1.